The molecule has 3 aromatic rings. The molecule has 1 amide bonds. The number of carbonyl (C=O) groups excluding carboxylic acids is 3. The molecule has 0 bridgehead atoms. The molecule has 16 heteroatoms. The van der Waals surface area contributed by atoms with Gasteiger partial charge in [0.2, 0.25) is 5.91 Å². The zero-order valence-electron chi connectivity index (χ0n) is 19.9. The van der Waals surface area contributed by atoms with Crippen LogP contribution < -0.4 is 5.32 Å². The topological polar surface area (TPSA) is 126 Å². The molecule has 39 heavy (non-hydrogen) atoms. The normalized spacial score (nSPS) is 16.5. The van der Waals surface area contributed by atoms with Crippen molar-refractivity contribution in [1.29, 1.82) is 0 Å². The smallest absolute Gasteiger partial charge is 0.385 e. The molecular weight excluding hydrogens is 585 g/mol. The van der Waals surface area contributed by atoms with Gasteiger partial charge in [0.25, 0.3) is 10.0 Å². The number of aromatic nitrogens is 1. The molecule has 208 valence electrons. The molecule has 1 aromatic carbocycles. The highest BCUT2D eigenvalue weighted by Gasteiger charge is 2.44. The Bertz CT molecular complexity index is 1500. The summed E-state index contributed by atoms with van der Waals surface area (Å²) < 4.78 is 70.1. The van der Waals surface area contributed by atoms with E-state index in [2.05, 4.69) is 15.0 Å². The number of benzene rings is 1. The molecule has 10 nitrogen and oxygen atoms in total. The number of sulfonamides is 1. The number of esters is 2. The van der Waals surface area contributed by atoms with Gasteiger partial charge in [0.05, 0.1) is 6.54 Å². The van der Waals surface area contributed by atoms with Crippen molar-refractivity contribution >= 4 is 66.6 Å². The number of likely N-dealkylation sites (tertiary alicyclic amines) is 1. The third-order valence-corrected chi connectivity index (χ3v) is 9.41. The summed E-state index contributed by atoms with van der Waals surface area (Å²) in [5.74, 6) is -4.81. The Balaban J connectivity index is 1.54. The largest absolute Gasteiger partial charge is 0.491 e. The summed E-state index contributed by atoms with van der Waals surface area (Å²) in [6.07, 6.45) is -2.28. The number of nitrogens with zero attached hydrogens (tertiary/aromatic N) is 3. The van der Waals surface area contributed by atoms with Gasteiger partial charge >= 0.3 is 18.1 Å². The average Bonchev–Trinajstić information content (AvgIpc) is 3.49. The van der Waals surface area contributed by atoms with Crippen LogP contribution in [-0.4, -0.2) is 78.8 Å². The fourth-order valence-electron chi connectivity index (χ4n) is 3.98. The Morgan fingerprint density at radius 3 is 2.59 bits per heavy atom. The summed E-state index contributed by atoms with van der Waals surface area (Å²) in [6.45, 7) is -0.981. The van der Waals surface area contributed by atoms with Crippen molar-refractivity contribution in [2.75, 3.05) is 31.5 Å². The zero-order chi connectivity index (χ0) is 28.4. The first-order valence-electron chi connectivity index (χ1n) is 11.3. The van der Waals surface area contributed by atoms with Crippen molar-refractivity contribution in [3.05, 3.63) is 53.8 Å². The summed E-state index contributed by atoms with van der Waals surface area (Å²) >= 11 is 6.86. The number of thiophene rings is 1. The maximum Gasteiger partial charge on any atom is 0.491 e. The number of hydrogen-bond acceptors (Lipinski definition) is 9. The second-order valence-corrected chi connectivity index (χ2v) is 12.2. The fourth-order valence-corrected chi connectivity index (χ4v) is 7.38. The number of fused-ring (bicyclic) bond motifs is 1. The predicted octanol–water partition coefficient (Wildman–Crippen LogP) is 3.29. The van der Waals surface area contributed by atoms with E-state index in [1.165, 1.54) is 18.5 Å². The van der Waals surface area contributed by atoms with Gasteiger partial charge in [0, 0.05) is 46.9 Å². The molecule has 1 aliphatic rings. The van der Waals surface area contributed by atoms with Gasteiger partial charge in [0.1, 0.15) is 10.8 Å². The molecule has 1 unspecified atom stereocenters. The standard InChI is InChI=1S/C23H20ClF3N4O6S2/c24-15-2-1-14-9-21(38-18(14)10-15)39(35,36)31(13-20(33)37-22(34)23(25,26)27)17-5-8-30(11-17)12-19(32)29-16-3-6-28-7-4-16/h1-4,6-7,9-10,17H,5,8,11-13H2,(H,28,29,32). The van der Waals surface area contributed by atoms with Crippen LogP contribution in [0.3, 0.4) is 0 Å². The SMILES string of the molecule is O=C(CN1CCC(N(CC(=O)OC(=O)C(F)(F)F)S(=O)(=O)c2cc3ccc(Cl)cc3s2)C1)Nc1ccncc1. The number of halogens is 4. The Morgan fingerprint density at radius 2 is 1.90 bits per heavy atom. The molecule has 4 rings (SSSR count). The molecule has 3 heterocycles. The maximum absolute atomic E-state index is 13.6. The average molecular weight is 605 g/mol. The summed E-state index contributed by atoms with van der Waals surface area (Å²) in [5, 5.41) is 3.60. The van der Waals surface area contributed by atoms with Gasteiger partial charge < -0.3 is 10.1 Å². The van der Waals surface area contributed by atoms with E-state index < -0.39 is 40.7 Å². The van der Waals surface area contributed by atoms with Gasteiger partial charge in [-0.05, 0) is 42.1 Å². The molecule has 0 spiro atoms. The van der Waals surface area contributed by atoms with Crippen LogP contribution in [0, 0.1) is 0 Å². The van der Waals surface area contributed by atoms with E-state index in [1.807, 2.05) is 0 Å². The molecule has 0 aliphatic carbocycles. The van der Waals surface area contributed by atoms with E-state index in [0.29, 0.717) is 25.1 Å². The molecule has 0 saturated carbocycles. The van der Waals surface area contributed by atoms with E-state index >= 15 is 0 Å². The highest BCUT2D eigenvalue weighted by Crippen LogP contribution is 2.34. The number of alkyl halides is 3. The molecule has 0 radical (unpaired) electrons. The van der Waals surface area contributed by atoms with Gasteiger partial charge in [-0.25, -0.2) is 13.2 Å². The van der Waals surface area contributed by atoms with Crippen LogP contribution in [0.1, 0.15) is 6.42 Å². The Morgan fingerprint density at radius 1 is 1.18 bits per heavy atom. The van der Waals surface area contributed by atoms with Crippen LogP contribution in [-0.2, 0) is 29.1 Å². The lowest BCUT2D eigenvalue weighted by Gasteiger charge is -2.26. The lowest BCUT2D eigenvalue weighted by atomic mass is 10.2. The minimum atomic E-state index is -5.43. The second kappa shape index (κ2) is 11.6. The highest BCUT2D eigenvalue weighted by molar-refractivity contribution is 7.91. The molecule has 1 atom stereocenters. The van der Waals surface area contributed by atoms with Crippen LogP contribution in [0.15, 0.2) is 53.0 Å². The monoisotopic (exact) mass is 604 g/mol. The van der Waals surface area contributed by atoms with Gasteiger partial charge in [-0.3, -0.25) is 19.5 Å². The molecule has 1 saturated heterocycles. The van der Waals surface area contributed by atoms with Crippen molar-refractivity contribution in [3.63, 3.8) is 0 Å². The highest BCUT2D eigenvalue weighted by atomic mass is 35.5. The maximum atomic E-state index is 13.6. The number of ether oxygens (including phenoxy) is 1. The van der Waals surface area contributed by atoms with Crippen LogP contribution in [0.25, 0.3) is 10.1 Å². The van der Waals surface area contributed by atoms with E-state index in [1.54, 1.807) is 35.2 Å². The number of amides is 1. The number of anilines is 1. The van der Waals surface area contributed by atoms with Crippen LogP contribution in [0.5, 0.6) is 0 Å². The Hall–Kier alpha value is -3.11. The van der Waals surface area contributed by atoms with Crippen molar-refractivity contribution < 1.29 is 40.7 Å². The number of carbonyl (C=O) groups is 3. The molecule has 2 aromatic heterocycles. The van der Waals surface area contributed by atoms with Crippen LogP contribution >= 0.6 is 22.9 Å². The minimum absolute atomic E-state index is 0.000214. The van der Waals surface area contributed by atoms with E-state index in [-0.39, 0.29) is 36.2 Å². The quantitative estimate of drug-likeness (QED) is 0.307. The summed E-state index contributed by atoms with van der Waals surface area (Å²) in [7, 11) is -4.44. The Labute approximate surface area is 229 Å². The van der Waals surface area contributed by atoms with E-state index in [4.69, 9.17) is 11.6 Å². The van der Waals surface area contributed by atoms with Crippen LogP contribution in [0.4, 0.5) is 18.9 Å². The van der Waals surface area contributed by atoms with Gasteiger partial charge in [-0.1, -0.05) is 17.7 Å². The fraction of sp³-hybridized carbons (Fsp3) is 0.304. The van der Waals surface area contributed by atoms with Crippen LogP contribution in [0.2, 0.25) is 5.02 Å². The molecular formula is C23H20ClF3N4O6S2. The molecule has 1 aliphatic heterocycles. The number of hydrogen-bond donors (Lipinski definition) is 1. The van der Waals surface area contributed by atoms with E-state index in [0.717, 1.165) is 11.3 Å². The number of rotatable bonds is 8. The third-order valence-electron chi connectivity index (χ3n) is 5.73. The third kappa shape index (κ3) is 7.10. The zero-order valence-corrected chi connectivity index (χ0v) is 22.2. The summed E-state index contributed by atoms with van der Waals surface area (Å²) in [6, 6.07) is 8.37. The van der Waals surface area contributed by atoms with Gasteiger partial charge in [-0.2, -0.15) is 17.5 Å². The van der Waals surface area contributed by atoms with Crippen molar-refractivity contribution in [3.8, 4) is 0 Å². The second-order valence-electron chi connectivity index (χ2n) is 8.52. The van der Waals surface area contributed by atoms with Crippen molar-refractivity contribution in [2.45, 2.75) is 22.8 Å². The first-order chi connectivity index (χ1) is 18.3. The van der Waals surface area contributed by atoms with Gasteiger partial charge in [0.15, 0.2) is 0 Å². The summed E-state index contributed by atoms with van der Waals surface area (Å²) in [5.41, 5.74) is 0.511. The molecule has 1 fully saturated rings. The lowest BCUT2D eigenvalue weighted by molar-refractivity contribution is -0.201. The number of pyridine rings is 1. The lowest BCUT2D eigenvalue weighted by Crippen LogP contribution is -2.46. The van der Waals surface area contributed by atoms with Crippen molar-refractivity contribution in [2.24, 2.45) is 0 Å². The van der Waals surface area contributed by atoms with E-state index in [9.17, 15) is 36.0 Å². The summed E-state index contributed by atoms with van der Waals surface area (Å²) in [4.78, 5) is 41.4. The predicted molar refractivity (Wildman–Crippen MR) is 136 cm³/mol. The molecule has 1 N–H and O–H groups in total. The first kappa shape index (κ1) is 28.9. The van der Waals surface area contributed by atoms with Crippen molar-refractivity contribution in [1.82, 2.24) is 14.2 Å². The van der Waals surface area contributed by atoms with Gasteiger partial charge in [-0.15, -0.1) is 11.3 Å². The number of nitrogens with one attached hydrogen (secondary N) is 1. The first-order valence-corrected chi connectivity index (χ1v) is 13.9. The Kier molecular flexibility index (Phi) is 8.56. The minimum Gasteiger partial charge on any atom is -0.385 e.